The summed E-state index contributed by atoms with van der Waals surface area (Å²) in [5, 5.41) is 31.9. The lowest BCUT2D eigenvalue weighted by atomic mass is 9.76. The van der Waals surface area contributed by atoms with E-state index in [2.05, 4.69) is 21.4 Å². The molecular formula is C26H29N5O4. The molecule has 3 aliphatic rings. The Bertz CT molecular complexity index is 1190. The van der Waals surface area contributed by atoms with E-state index in [4.69, 9.17) is 0 Å². The highest BCUT2D eigenvalue weighted by Crippen LogP contribution is 2.53. The molecule has 182 valence electrons. The number of pyridine rings is 2. The van der Waals surface area contributed by atoms with Crippen molar-refractivity contribution in [1.82, 2.24) is 9.97 Å². The van der Waals surface area contributed by atoms with Crippen LogP contribution in [0, 0.1) is 35.0 Å². The number of urea groups is 1. The third-order valence-electron chi connectivity index (χ3n) is 8.09. The van der Waals surface area contributed by atoms with E-state index in [1.807, 2.05) is 0 Å². The minimum absolute atomic E-state index is 0.119. The number of aromatic nitrogens is 2. The lowest BCUT2D eigenvalue weighted by Gasteiger charge is -2.30. The topological polar surface area (TPSA) is 139 Å². The minimum atomic E-state index is -0.414. The number of aliphatic hydroxyl groups excluding tert-OH is 2. The zero-order valence-corrected chi connectivity index (χ0v) is 19.5. The van der Waals surface area contributed by atoms with Crippen LogP contribution >= 0.6 is 0 Å². The summed E-state index contributed by atoms with van der Waals surface area (Å²) in [5.41, 5.74) is 2.69. The van der Waals surface area contributed by atoms with Gasteiger partial charge in [-0.15, -0.1) is 0 Å². The number of rotatable bonds is 6. The van der Waals surface area contributed by atoms with Crippen LogP contribution in [0.15, 0.2) is 18.3 Å². The first kappa shape index (κ1) is 23.4. The molecule has 9 heteroatoms. The SMILES string of the molecule is N#Cc1cnc(NC(=O)N2CCCc3cc(CO)c(C=O)nc32)cc1C[C@H]1[C@@H]2CC[C@@H](C2)[C@H]1CO. The van der Waals surface area contributed by atoms with Gasteiger partial charge in [0.1, 0.15) is 23.4 Å². The maximum absolute atomic E-state index is 13.2. The van der Waals surface area contributed by atoms with Crippen molar-refractivity contribution in [2.75, 3.05) is 23.4 Å². The molecule has 35 heavy (non-hydrogen) atoms. The van der Waals surface area contributed by atoms with Crippen molar-refractivity contribution in [2.24, 2.45) is 23.7 Å². The number of carbonyl (C=O) groups excluding carboxylic acids is 2. The molecule has 1 aliphatic heterocycles. The molecule has 2 aromatic heterocycles. The number of aldehydes is 1. The first-order valence-corrected chi connectivity index (χ1v) is 12.2. The second-order valence-corrected chi connectivity index (χ2v) is 9.86. The number of amides is 2. The molecule has 2 saturated carbocycles. The number of aryl methyl sites for hydroxylation is 1. The summed E-state index contributed by atoms with van der Waals surface area (Å²) in [6.45, 7) is 0.317. The monoisotopic (exact) mass is 475 g/mol. The molecular weight excluding hydrogens is 446 g/mol. The van der Waals surface area contributed by atoms with Gasteiger partial charge in [-0.3, -0.25) is 15.0 Å². The van der Waals surface area contributed by atoms with E-state index < -0.39 is 6.03 Å². The van der Waals surface area contributed by atoms with Crippen LogP contribution in [-0.4, -0.2) is 45.6 Å². The molecule has 4 atom stereocenters. The number of carbonyl (C=O) groups is 2. The number of anilines is 2. The van der Waals surface area contributed by atoms with Crippen molar-refractivity contribution >= 4 is 24.0 Å². The third kappa shape index (κ3) is 4.28. The quantitative estimate of drug-likeness (QED) is 0.546. The largest absolute Gasteiger partial charge is 0.396 e. The Kier molecular flexibility index (Phi) is 6.50. The van der Waals surface area contributed by atoms with Gasteiger partial charge >= 0.3 is 6.03 Å². The fraction of sp³-hybridized carbons (Fsp3) is 0.500. The summed E-state index contributed by atoms with van der Waals surface area (Å²) in [7, 11) is 0. The van der Waals surface area contributed by atoms with Gasteiger partial charge in [0.2, 0.25) is 0 Å². The standard InChI is InChI=1S/C26H29N5O4/c27-10-20-11-28-24(9-18(20)8-21-15-3-4-16(6-15)22(21)13-33)30-26(35)31-5-1-2-17-7-19(12-32)23(14-34)29-25(17)31/h7,9,11,14-16,21-22,32-33H,1-6,8,12-13H2,(H,28,30,35)/t15-,16+,21+,22-/m1/s1. The zero-order chi connectivity index (χ0) is 24.5. The van der Waals surface area contributed by atoms with Crippen LogP contribution in [0.5, 0.6) is 0 Å². The lowest BCUT2D eigenvalue weighted by Crippen LogP contribution is -2.40. The smallest absolute Gasteiger partial charge is 0.328 e. The number of hydrogen-bond acceptors (Lipinski definition) is 7. The van der Waals surface area contributed by atoms with Gasteiger partial charge in [-0.2, -0.15) is 5.26 Å². The van der Waals surface area contributed by atoms with Crippen molar-refractivity contribution in [3.8, 4) is 6.07 Å². The van der Waals surface area contributed by atoms with Crippen LogP contribution in [0.4, 0.5) is 16.4 Å². The predicted molar refractivity (Wildman–Crippen MR) is 128 cm³/mol. The highest BCUT2D eigenvalue weighted by Gasteiger charge is 2.47. The van der Waals surface area contributed by atoms with Crippen LogP contribution in [0.2, 0.25) is 0 Å². The molecule has 0 aromatic carbocycles. The van der Waals surface area contributed by atoms with Crippen molar-refractivity contribution in [3.63, 3.8) is 0 Å². The Morgan fingerprint density at radius 2 is 2.03 bits per heavy atom. The van der Waals surface area contributed by atoms with Gasteiger partial charge in [0.05, 0.1) is 12.2 Å². The summed E-state index contributed by atoms with van der Waals surface area (Å²) in [4.78, 5) is 34.7. The highest BCUT2D eigenvalue weighted by atomic mass is 16.3. The summed E-state index contributed by atoms with van der Waals surface area (Å²) in [6, 6.07) is 5.30. The summed E-state index contributed by atoms with van der Waals surface area (Å²) in [6.07, 6.45) is 7.68. The molecule has 2 bridgehead atoms. The van der Waals surface area contributed by atoms with Gasteiger partial charge in [0.15, 0.2) is 6.29 Å². The van der Waals surface area contributed by atoms with Crippen LogP contribution in [0.1, 0.15) is 58.4 Å². The molecule has 5 rings (SSSR count). The molecule has 2 aliphatic carbocycles. The molecule has 2 aromatic rings. The Labute approximate surface area is 203 Å². The third-order valence-corrected chi connectivity index (χ3v) is 8.09. The maximum Gasteiger partial charge on any atom is 0.328 e. The number of nitriles is 1. The number of nitrogens with one attached hydrogen (secondary N) is 1. The number of nitrogens with zero attached hydrogens (tertiary/aromatic N) is 4. The van der Waals surface area contributed by atoms with Crippen LogP contribution in [0.3, 0.4) is 0 Å². The number of aliphatic hydroxyl groups is 2. The van der Waals surface area contributed by atoms with Crippen molar-refractivity contribution in [2.45, 2.75) is 45.1 Å². The Morgan fingerprint density at radius 3 is 2.74 bits per heavy atom. The molecule has 3 heterocycles. The van der Waals surface area contributed by atoms with E-state index in [1.54, 1.807) is 12.1 Å². The molecule has 0 radical (unpaired) electrons. The summed E-state index contributed by atoms with van der Waals surface area (Å²) in [5.74, 6) is 2.49. The molecule has 2 fully saturated rings. The van der Waals surface area contributed by atoms with Crippen LogP contribution in [-0.2, 0) is 19.4 Å². The minimum Gasteiger partial charge on any atom is -0.396 e. The molecule has 0 spiro atoms. The average molecular weight is 476 g/mol. The fourth-order valence-electron chi connectivity index (χ4n) is 6.38. The van der Waals surface area contributed by atoms with Crippen LogP contribution < -0.4 is 10.2 Å². The Balaban J connectivity index is 1.37. The van der Waals surface area contributed by atoms with Crippen molar-refractivity contribution < 1.29 is 19.8 Å². The van der Waals surface area contributed by atoms with E-state index >= 15 is 0 Å². The second kappa shape index (κ2) is 9.72. The van der Waals surface area contributed by atoms with E-state index in [-0.39, 0.29) is 24.8 Å². The average Bonchev–Trinajstić information content (AvgIpc) is 3.49. The molecule has 0 unspecified atom stereocenters. The second-order valence-electron chi connectivity index (χ2n) is 9.86. The van der Waals surface area contributed by atoms with E-state index in [1.165, 1.54) is 23.9 Å². The first-order valence-electron chi connectivity index (χ1n) is 12.2. The summed E-state index contributed by atoms with van der Waals surface area (Å²) >= 11 is 0. The first-order chi connectivity index (χ1) is 17.1. The number of fused-ring (bicyclic) bond motifs is 3. The van der Waals surface area contributed by atoms with Crippen LogP contribution in [0.25, 0.3) is 0 Å². The fourth-order valence-corrected chi connectivity index (χ4v) is 6.38. The van der Waals surface area contributed by atoms with Gasteiger partial charge in [-0.25, -0.2) is 14.8 Å². The van der Waals surface area contributed by atoms with Gasteiger partial charge < -0.3 is 10.2 Å². The highest BCUT2D eigenvalue weighted by molar-refractivity contribution is 6.01. The molecule has 3 N–H and O–H groups in total. The molecule has 9 nitrogen and oxygen atoms in total. The van der Waals surface area contributed by atoms with Gasteiger partial charge in [0.25, 0.3) is 0 Å². The Morgan fingerprint density at radius 1 is 1.23 bits per heavy atom. The summed E-state index contributed by atoms with van der Waals surface area (Å²) < 4.78 is 0. The molecule has 2 amide bonds. The predicted octanol–water partition coefficient (Wildman–Crippen LogP) is 2.83. The maximum atomic E-state index is 13.2. The zero-order valence-electron chi connectivity index (χ0n) is 19.5. The van der Waals surface area contributed by atoms with Crippen molar-refractivity contribution in [1.29, 1.82) is 5.26 Å². The molecule has 0 saturated heterocycles. The lowest BCUT2D eigenvalue weighted by molar-refractivity contribution is 0.111. The van der Waals surface area contributed by atoms with Gasteiger partial charge in [-0.05, 0) is 85.5 Å². The normalized spacial score (nSPS) is 24.7. The van der Waals surface area contributed by atoms with E-state index in [9.17, 15) is 25.1 Å². The van der Waals surface area contributed by atoms with E-state index in [0.29, 0.717) is 66.2 Å². The van der Waals surface area contributed by atoms with Crippen molar-refractivity contribution in [3.05, 3.63) is 46.3 Å². The Hall–Kier alpha value is -3.35. The van der Waals surface area contributed by atoms with Gasteiger partial charge in [0, 0.05) is 24.9 Å². The van der Waals surface area contributed by atoms with E-state index in [0.717, 1.165) is 24.0 Å². The van der Waals surface area contributed by atoms with Gasteiger partial charge in [-0.1, -0.05) is 0 Å². The number of hydrogen-bond donors (Lipinski definition) is 3.